The van der Waals surface area contributed by atoms with E-state index >= 15 is 0 Å². The van der Waals surface area contributed by atoms with Gasteiger partial charge in [0.05, 0.1) is 17.7 Å². The number of benzene rings is 1. The van der Waals surface area contributed by atoms with E-state index in [0.29, 0.717) is 31.0 Å². The van der Waals surface area contributed by atoms with Crippen LogP contribution < -0.4 is 15.2 Å². The largest absolute Gasteiger partial charge is 0.495 e. The predicted octanol–water partition coefficient (Wildman–Crippen LogP) is 0.592. The molecule has 7 heteroatoms. The molecule has 0 unspecified atom stereocenters. The lowest BCUT2D eigenvalue weighted by Gasteiger charge is -2.09. The lowest BCUT2D eigenvalue weighted by atomic mass is 10.3. The molecule has 0 aliphatic rings. The Balaban J connectivity index is 2.78. The molecule has 0 aliphatic carbocycles. The molecule has 1 aromatic rings. The van der Waals surface area contributed by atoms with Gasteiger partial charge in [-0.1, -0.05) is 0 Å². The SMILES string of the molecule is COCCCNS(=O)(=O)c1ccc(N)c(OC)c1. The van der Waals surface area contributed by atoms with Gasteiger partial charge >= 0.3 is 0 Å². The van der Waals surface area contributed by atoms with Crippen LogP contribution in [0, 0.1) is 0 Å². The molecule has 0 atom stereocenters. The lowest BCUT2D eigenvalue weighted by molar-refractivity contribution is 0.196. The molecule has 1 rings (SSSR count). The number of nitrogens with two attached hydrogens (primary N) is 1. The van der Waals surface area contributed by atoms with Crippen LogP contribution in [0.3, 0.4) is 0 Å². The molecule has 0 amide bonds. The average Bonchev–Trinajstić information content (AvgIpc) is 2.35. The van der Waals surface area contributed by atoms with E-state index in [1.54, 1.807) is 7.11 Å². The van der Waals surface area contributed by atoms with Gasteiger partial charge in [-0.2, -0.15) is 0 Å². The summed E-state index contributed by atoms with van der Waals surface area (Å²) in [6.07, 6.45) is 0.613. The molecule has 0 aromatic heterocycles. The minimum Gasteiger partial charge on any atom is -0.495 e. The van der Waals surface area contributed by atoms with Crippen LogP contribution in [0.15, 0.2) is 23.1 Å². The van der Waals surface area contributed by atoms with Crippen LogP contribution >= 0.6 is 0 Å². The zero-order chi connectivity index (χ0) is 13.6. The Labute approximate surface area is 107 Å². The zero-order valence-electron chi connectivity index (χ0n) is 10.5. The highest BCUT2D eigenvalue weighted by molar-refractivity contribution is 7.89. The molecule has 0 bridgehead atoms. The van der Waals surface area contributed by atoms with E-state index in [9.17, 15) is 8.42 Å². The van der Waals surface area contributed by atoms with Crippen LogP contribution in [0.4, 0.5) is 5.69 Å². The molecule has 102 valence electrons. The maximum Gasteiger partial charge on any atom is 0.240 e. The Bertz CT molecular complexity index is 488. The van der Waals surface area contributed by atoms with Gasteiger partial charge in [-0.25, -0.2) is 13.1 Å². The fourth-order valence-electron chi connectivity index (χ4n) is 1.36. The molecule has 18 heavy (non-hydrogen) atoms. The third kappa shape index (κ3) is 3.86. The van der Waals surface area contributed by atoms with E-state index in [1.165, 1.54) is 25.3 Å². The van der Waals surface area contributed by atoms with E-state index in [-0.39, 0.29) is 4.90 Å². The Morgan fingerprint density at radius 1 is 1.33 bits per heavy atom. The van der Waals surface area contributed by atoms with Gasteiger partial charge in [0.25, 0.3) is 0 Å². The standard InChI is InChI=1S/C11H18N2O4S/c1-16-7-3-6-13-18(14,15)9-4-5-10(12)11(8-9)17-2/h4-5,8,13H,3,6-7,12H2,1-2H3. The highest BCUT2D eigenvalue weighted by Crippen LogP contribution is 2.24. The number of nitrogens with one attached hydrogen (secondary N) is 1. The minimum absolute atomic E-state index is 0.131. The number of hydrogen-bond donors (Lipinski definition) is 2. The second kappa shape index (κ2) is 6.58. The topological polar surface area (TPSA) is 90.7 Å². The van der Waals surface area contributed by atoms with Crippen LogP contribution in [-0.2, 0) is 14.8 Å². The van der Waals surface area contributed by atoms with Crippen molar-refractivity contribution in [3.8, 4) is 5.75 Å². The van der Waals surface area contributed by atoms with Gasteiger partial charge in [0.15, 0.2) is 0 Å². The molecule has 1 aromatic carbocycles. The number of methoxy groups -OCH3 is 2. The van der Waals surface area contributed by atoms with Crippen LogP contribution in [0.25, 0.3) is 0 Å². The Morgan fingerprint density at radius 3 is 2.67 bits per heavy atom. The molecule has 0 heterocycles. The van der Waals surface area contributed by atoms with Crippen molar-refractivity contribution >= 4 is 15.7 Å². The van der Waals surface area contributed by atoms with Gasteiger partial charge in [-0.05, 0) is 18.6 Å². The summed E-state index contributed by atoms with van der Waals surface area (Å²) in [6.45, 7) is 0.830. The monoisotopic (exact) mass is 274 g/mol. The van der Waals surface area contributed by atoms with E-state index in [1.807, 2.05) is 0 Å². The fourth-order valence-corrected chi connectivity index (χ4v) is 2.45. The van der Waals surface area contributed by atoms with E-state index in [4.69, 9.17) is 15.2 Å². The molecule has 0 fully saturated rings. The number of sulfonamides is 1. The van der Waals surface area contributed by atoms with Crippen LogP contribution in [0.5, 0.6) is 5.75 Å². The number of ether oxygens (including phenoxy) is 2. The summed E-state index contributed by atoms with van der Waals surface area (Å²) in [4.78, 5) is 0.131. The number of hydrogen-bond acceptors (Lipinski definition) is 5. The molecule has 0 saturated carbocycles. The zero-order valence-corrected chi connectivity index (χ0v) is 11.3. The van der Waals surface area contributed by atoms with Gasteiger partial charge in [-0.15, -0.1) is 0 Å². The number of anilines is 1. The molecular weight excluding hydrogens is 256 g/mol. The Kier molecular flexibility index (Phi) is 5.39. The van der Waals surface area contributed by atoms with Crippen LogP contribution in [0.1, 0.15) is 6.42 Å². The van der Waals surface area contributed by atoms with E-state index in [0.717, 1.165) is 0 Å². The first-order valence-electron chi connectivity index (χ1n) is 5.43. The summed E-state index contributed by atoms with van der Waals surface area (Å²) < 4.78 is 36.2. The van der Waals surface area contributed by atoms with Gasteiger partial charge in [-0.3, -0.25) is 0 Å². The Hall–Kier alpha value is -1.31. The molecular formula is C11H18N2O4S. The van der Waals surface area contributed by atoms with Crippen LogP contribution in [0.2, 0.25) is 0 Å². The van der Waals surface area contributed by atoms with Crippen molar-refractivity contribution in [2.24, 2.45) is 0 Å². The first kappa shape index (κ1) is 14.7. The second-order valence-electron chi connectivity index (χ2n) is 3.65. The van der Waals surface area contributed by atoms with E-state index < -0.39 is 10.0 Å². The maximum absolute atomic E-state index is 11.9. The summed E-state index contributed by atoms with van der Waals surface area (Å²) in [5, 5.41) is 0. The van der Waals surface area contributed by atoms with Gasteiger partial charge in [0.1, 0.15) is 5.75 Å². The molecule has 6 nitrogen and oxygen atoms in total. The summed E-state index contributed by atoms with van der Waals surface area (Å²) in [5.74, 6) is 0.342. The minimum atomic E-state index is -3.53. The van der Waals surface area contributed by atoms with Gasteiger partial charge in [0.2, 0.25) is 10.0 Å². The van der Waals surface area contributed by atoms with Crippen molar-refractivity contribution in [2.45, 2.75) is 11.3 Å². The lowest BCUT2D eigenvalue weighted by Crippen LogP contribution is -2.25. The van der Waals surface area contributed by atoms with Crippen molar-refractivity contribution in [2.75, 3.05) is 33.1 Å². The quantitative estimate of drug-likeness (QED) is 0.561. The first-order valence-corrected chi connectivity index (χ1v) is 6.91. The molecule has 0 saturated heterocycles. The van der Waals surface area contributed by atoms with Crippen molar-refractivity contribution in [1.82, 2.24) is 4.72 Å². The molecule has 3 N–H and O–H groups in total. The third-order valence-electron chi connectivity index (χ3n) is 2.33. The second-order valence-corrected chi connectivity index (χ2v) is 5.41. The first-order chi connectivity index (χ1) is 8.51. The molecule has 0 radical (unpaired) electrons. The molecule has 0 aliphatic heterocycles. The Morgan fingerprint density at radius 2 is 2.06 bits per heavy atom. The van der Waals surface area contributed by atoms with Crippen molar-refractivity contribution in [1.29, 1.82) is 0 Å². The average molecular weight is 274 g/mol. The summed E-state index contributed by atoms with van der Waals surface area (Å²) >= 11 is 0. The van der Waals surface area contributed by atoms with Crippen molar-refractivity contribution < 1.29 is 17.9 Å². The highest BCUT2D eigenvalue weighted by atomic mass is 32.2. The van der Waals surface area contributed by atoms with Crippen molar-refractivity contribution in [3.05, 3.63) is 18.2 Å². The number of nitrogen functional groups attached to an aromatic ring is 1. The fraction of sp³-hybridized carbons (Fsp3) is 0.455. The van der Waals surface area contributed by atoms with Crippen molar-refractivity contribution in [3.63, 3.8) is 0 Å². The maximum atomic E-state index is 11.9. The summed E-state index contributed by atoms with van der Waals surface area (Å²) in [6, 6.07) is 4.34. The van der Waals surface area contributed by atoms with Gasteiger partial charge in [0, 0.05) is 26.3 Å². The third-order valence-corrected chi connectivity index (χ3v) is 3.79. The molecule has 0 spiro atoms. The predicted molar refractivity (Wildman–Crippen MR) is 69.1 cm³/mol. The summed E-state index contributed by atoms with van der Waals surface area (Å²) in [5.41, 5.74) is 6.03. The summed E-state index contributed by atoms with van der Waals surface area (Å²) in [7, 11) is -0.524. The normalized spacial score (nSPS) is 11.4. The van der Waals surface area contributed by atoms with Gasteiger partial charge < -0.3 is 15.2 Å². The van der Waals surface area contributed by atoms with Crippen LogP contribution in [-0.4, -0.2) is 35.8 Å². The highest BCUT2D eigenvalue weighted by Gasteiger charge is 2.15. The smallest absolute Gasteiger partial charge is 0.240 e. The van der Waals surface area contributed by atoms with E-state index in [2.05, 4.69) is 4.72 Å². The number of rotatable bonds is 7.